The first-order valence-electron chi connectivity index (χ1n) is 12.3. The first-order chi connectivity index (χ1) is 16.9. The summed E-state index contributed by atoms with van der Waals surface area (Å²) < 4.78 is 0. The number of para-hydroxylation sites is 1. The monoisotopic (exact) mass is 470 g/mol. The van der Waals surface area contributed by atoms with Gasteiger partial charge in [0.1, 0.15) is 0 Å². The van der Waals surface area contributed by atoms with Crippen LogP contribution in [0.4, 0.5) is 21.9 Å². The summed E-state index contributed by atoms with van der Waals surface area (Å²) in [6, 6.07) is 20.9. The number of benzene rings is 3. The molecule has 0 spiro atoms. The van der Waals surface area contributed by atoms with Gasteiger partial charge in [-0.2, -0.15) is 0 Å². The topological polar surface area (TPSA) is 73.5 Å². The molecule has 1 aliphatic heterocycles. The lowest BCUT2D eigenvalue weighted by Gasteiger charge is -2.31. The van der Waals surface area contributed by atoms with Crippen molar-refractivity contribution >= 4 is 29.0 Å². The van der Waals surface area contributed by atoms with E-state index in [-0.39, 0.29) is 18.0 Å². The number of hydrogen-bond acceptors (Lipinski definition) is 3. The number of aryl methyl sites for hydroxylation is 2. The molecule has 1 fully saturated rings. The fourth-order valence-electron chi connectivity index (χ4n) is 4.59. The van der Waals surface area contributed by atoms with Gasteiger partial charge in [0.25, 0.3) is 5.91 Å². The van der Waals surface area contributed by atoms with E-state index in [1.807, 2.05) is 81.4 Å². The van der Waals surface area contributed by atoms with Gasteiger partial charge in [0, 0.05) is 30.2 Å². The normalized spacial score (nSPS) is 14.2. The van der Waals surface area contributed by atoms with Crippen LogP contribution in [0.2, 0.25) is 0 Å². The number of nitrogens with one attached hydrogen (secondary N) is 3. The molecule has 0 radical (unpaired) electrons. The lowest BCUT2D eigenvalue weighted by molar-refractivity contribution is 0.0940. The quantitative estimate of drug-likeness (QED) is 0.389. The van der Waals surface area contributed by atoms with Crippen LogP contribution in [0, 0.1) is 13.8 Å². The van der Waals surface area contributed by atoms with Gasteiger partial charge in [0.15, 0.2) is 0 Å². The molecule has 0 aromatic heterocycles. The second kappa shape index (κ2) is 11.1. The summed E-state index contributed by atoms with van der Waals surface area (Å²) in [5.41, 5.74) is 5.88. The lowest BCUT2D eigenvalue weighted by Crippen LogP contribution is -2.33. The van der Waals surface area contributed by atoms with E-state index in [4.69, 9.17) is 0 Å². The van der Waals surface area contributed by atoms with Crippen LogP contribution in [0.5, 0.6) is 0 Å². The Morgan fingerprint density at radius 3 is 2.20 bits per heavy atom. The van der Waals surface area contributed by atoms with Crippen LogP contribution >= 0.6 is 0 Å². The van der Waals surface area contributed by atoms with Crippen molar-refractivity contribution in [3.05, 3.63) is 89.0 Å². The summed E-state index contributed by atoms with van der Waals surface area (Å²) in [7, 11) is 0. The summed E-state index contributed by atoms with van der Waals surface area (Å²) in [5.74, 6) is -0.152. The zero-order valence-corrected chi connectivity index (χ0v) is 20.7. The molecule has 1 heterocycles. The first-order valence-corrected chi connectivity index (χ1v) is 12.3. The van der Waals surface area contributed by atoms with Gasteiger partial charge in [-0.3, -0.25) is 4.79 Å². The van der Waals surface area contributed by atoms with E-state index in [1.165, 1.54) is 6.42 Å². The molecule has 0 bridgehead atoms. The Labute approximate surface area is 207 Å². The van der Waals surface area contributed by atoms with Crippen LogP contribution in [0.15, 0.2) is 66.7 Å². The zero-order valence-electron chi connectivity index (χ0n) is 20.7. The van der Waals surface area contributed by atoms with Crippen molar-refractivity contribution in [3.8, 4) is 0 Å². The molecular weight excluding hydrogens is 436 g/mol. The van der Waals surface area contributed by atoms with Gasteiger partial charge in [-0.25, -0.2) is 4.79 Å². The van der Waals surface area contributed by atoms with Crippen LogP contribution in [-0.2, 0) is 0 Å². The standard InChI is InChI=1S/C29H34N4O2/c1-20-11-10-12-21(2)27(20)32-29(35)31-24-15-16-26(33-17-8-5-9-18-33)25(19-24)28(34)30-22(3)23-13-6-4-7-14-23/h4,6-7,10-16,19,22H,5,8-9,17-18H2,1-3H3,(H,30,34)(H2,31,32,35). The molecule has 3 aromatic rings. The molecule has 1 aliphatic rings. The average Bonchev–Trinajstić information content (AvgIpc) is 2.87. The average molecular weight is 471 g/mol. The van der Waals surface area contributed by atoms with Crippen LogP contribution in [-0.4, -0.2) is 25.0 Å². The van der Waals surface area contributed by atoms with E-state index in [0.717, 1.165) is 54.0 Å². The Hall–Kier alpha value is -3.80. The molecular formula is C29H34N4O2. The van der Waals surface area contributed by atoms with Crippen LogP contribution in [0.3, 0.4) is 0 Å². The van der Waals surface area contributed by atoms with E-state index in [2.05, 4.69) is 20.9 Å². The molecule has 1 unspecified atom stereocenters. The number of carbonyl (C=O) groups excluding carboxylic acids is 2. The van der Waals surface area contributed by atoms with Crippen LogP contribution in [0.25, 0.3) is 0 Å². The number of piperidine rings is 1. The highest BCUT2D eigenvalue weighted by atomic mass is 16.2. The van der Waals surface area contributed by atoms with Crippen molar-refractivity contribution in [2.24, 2.45) is 0 Å². The van der Waals surface area contributed by atoms with Gasteiger partial charge in [-0.05, 0) is 74.9 Å². The third kappa shape index (κ3) is 6.01. The Bertz CT molecular complexity index is 1170. The number of anilines is 3. The summed E-state index contributed by atoms with van der Waals surface area (Å²) in [6.45, 7) is 7.76. The van der Waals surface area contributed by atoms with E-state index in [9.17, 15) is 9.59 Å². The van der Waals surface area contributed by atoms with Crippen molar-refractivity contribution in [2.45, 2.75) is 46.1 Å². The predicted molar refractivity (Wildman–Crippen MR) is 143 cm³/mol. The van der Waals surface area contributed by atoms with Gasteiger partial charge < -0.3 is 20.9 Å². The van der Waals surface area contributed by atoms with E-state index in [1.54, 1.807) is 6.07 Å². The minimum atomic E-state index is -0.336. The third-order valence-corrected chi connectivity index (χ3v) is 6.56. The van der Waals surface area contributed by atoms with Gasteiger partial charge in [0.2, 0.25) is 0 Å². The molecule has 6 heteroatoms. The highest BCUT2D eigenvalue weighted by molar-refractivity contribution is 6.04. The Morgan fingerprint density at radius 2 is 1.51 bits per heavy atom. The number of urea groups is 1. The highest BCUT2D eigenvalue weighted by Crippen LogP contribution is 2.28. The maximum absolute atomic E-state index is 13.4. The summed E-state index contributed by atoms with van der Waals surface area (Å²) in [5, 5.41) is 8.99. The molecule has 6 nitrogen and oxygen atoms in total. The van der Waals surface area contributed by atoms with Crippen molar-refractivity contribution in [1.82, 2.24) is 5.32 Å². The van der Waals surface area contributed by atoms with Gasteiger partial charge in [-0.15, -0.1) is 0 Å². The van der Waals surface area contributed by atoms with Gasteiger partial charge in [0.05, 0.1) is 11.6 Å². The molecule has 182 valence electrons. The summed E-state index contributed by atoms with van der Waals surface area (Å²) >= 11 is 0. The van der Waals surface area contributed by atoms with E-state index >= 15 is 0 Å². The molecule has 3 aromatic carbocycles. The van der Waals surface area contributed by atoms with Crippen LogP contribution < -0.4 is 20.9 Å². The molecule has 35 heavy (non-hydrogen) atoms. The SMILES string of the molecule is Cc1cccc(C)c1NC(=O)Nc1ccc(N2CCCCC2)c(C(=O)NC(C)c2ccccc2)c1. The third-order valence-electron chi connectivity index (χ3n) is 6.56. The number of rotatable bonds is 6. The smallest absolute Gasteiger partial charge is 0.323 e. The van der Waals surface area contributed by atoms with Crippen molar-refractivity contribution in [1.29, 1.82) is 0 Å². The van der Waals surface area contributed by atoms with Crippen molar-refractivity contribution in [3.63, 3.8) is 0 Å². The number of carbonyl (C=O) groups is 2. The molecule has 1 atom stereocenters. The van der Waals surface area contributed by atoms with Gasteiger partial charge >= 0.3 is 6.03 Å². The summed E-state index contributed by atoms with van der Waals surface area (Å²) in [6.07, 6.45) is 3.43. The number of amides is 3. The minimum Gasteiger partial charge on any atom is -0.371 e. The Morgan fingerprint density at radius 1 is 0.829 bits per heavy atom. The Kier molecular flexibility index (Phi) is 7.70. The van der Waals surface area contributed by atoms with Crippen molar-refractivity contribution in [2.75, 3.05) is 28.6 Å². The second-order valence-electron chi connectivity index (χ2n) is 9.23. The minimum absolute atomic E-state index is 0.137. The largest absolute Gasteiger partial charge is 0.371 e. The Balaban J connectivity index is 1.56. The molecule has 4 rings (SSSR count). The maximum atomic E-state index is 13.4. The maximum Gasteiger partial charge on any atom is 0.323 e. The number of hydrogen-bond donors (Lipinski definition) is 3. The van der Waals surface area contributed by atoms with E-state index in [0.29, 0.717) is 11.3 Å². The molecule has 1 saturated heterocycles. The molecule has 3 N–H and O–H groups in total. The molecule has 0 saturated carbocycles. The van der Waals surface area contributed by atoms with Crippen molar-refractivity contribution < 1.29 is 9.59 Å². The summed E-state index contributed by atoms with van der Waals surface area (Å²) in [4.78, 5) is 28.5. The highest BCUT2D eigenvalue weighted by Gasteiger charge is 2.21. The molecule has 3 amide bonds. The lowest BCUT2D eigenvalue weighted by atomic mass is 10.0. The second-order valence-corrected chi connectivity index (χ2v) is 9.23. The predicted octanol–water partition coefficient (Wildman–Crippen LogP) is 6.43. The fraction of sp³-hybridized carbons (Fsp3) is 0.310. The number of nitrogens with zero attached hydrogens (tertiary/aromatic N) is 1. The van der Waals surface area contributed by atoms with E-state index < -0.39 is 0 Å². The first kappa shape index (κ1) is 24.3. The zero-order chi connectivity index (χ0) is 24.8. The van der Waals surface area contributed by atoms with Crippen LogP contribution in [0.1, 0.15) is 59.3 Å². The van der Waals surface area contributed by atoms with Gasteiger partial charge in [-0.1, -0.05) is 48.5 Å². The fourth-order valence-corrected chi connectivity index (χ4v) is 4.59. The molecule has 0 aliphatic carbocycles.